The average molecular weight is 279 g/mol. The number of aromatic amines is 1. The van der Waals surface area contributed by atoms with Crippen molar-refractivity contribution in [3.63, 3.8) is 0 Å². The second kappa shape index (κ2) is 7.85. The number of carbonyl (C=O) groups excluding carboxylic acids is 1. The number of nitrogens with zero attached hydrogens (tertiary/aromatic N) is 1. The van der Waals surface area contributed by atoms with Crippen LogP contribution in [-0.2, 0) is 0 Å². The van der Waals surface area contributed by atoms with E-state index in [1.54, 1.807) is 12.1 Å². The normalized spacial score (nSPS) is 12.7. The molecule has 20 heavy (non-hydrogen) atoms. The zero-order valence-electron chi connectivity index (χ0n) is 12.8. The van der Waals surface area contributed by atoms with E-state index in [4.69, 9.17) is 0 Å². The molecule has 0 spiro atoms. The Labute approximate surface area is 120 Å². The van der Waals surface area contributed by atoms with E-state index in [0.29, 0.717) is 24.2 Å². The molecule has 1 aromatic heterocycles. The van der Waals surface area contributed by atoms with Gasteiger partial charge >= 0.3 is 0 Å². The molecule has 1 heterocycles. The number of carbonyl (C=O) groups is 1. The van der Waals surface area contributed by atoms with Crippen LogP contribution >= 0.6 is 0 Å². The molecule has 0 aliphatic heterocycles. The van der Waals surface area contributed by atoms with E-state index >= 15 is 0 Å². The number of hydrogen-bond donors (Lipinski definition) is 2. The van der Waals surface area contributed by atoms with Crippen LogP contribution in [0.25, 0.3) is 0 Å². The van der Waals surface area contributed by atoms with Gasteiger partial charge in [0, 0.05) is 18.7 Å². The first kappa shape index (κ1) is 16.4. The van der Waals surface area contributed by atoms with Crippen molar-refractivity contribution in [1.29, 1.82) is 0 Å². The van der Waals surface area contributed by atoms with Gasteiger partial charge in [-0.15, -0.1) is 0 Å². The maximum Gasteiger partial charge on any atom is 0.267 e. The summed E-state index contributed by atoms with van der Waals surface area (Å²) in [5, 5.41) is 2.91. The maximum absolute atomic E-state index is 12.0. The molecular weight excluding hydrogens is 254 g/mol. The number of amides is 1. The van der Waals surface area contributed by atoms with Crippen LogP contribution in [0, 0.1) is 5.92 Å². The molecule has 0 aromatic carbocycles. The fraction of sp³-hybridized carbons (Fsp3) is 0.600. The Kier molecular flexibility index (Phi) is 6.45. The van der Waals surface area contributed by atoms with Crippen LogP contribution < -0.4 is 10.9 Å². The molecule has 1 amide bonds. The third kappa shape index (κ3) is 4.49. The highest BCUT2D eigenvalue weighted by molar-refractivity contribution is 5.92. The number of aromatic nitrogens is 1. The second-order valence-electron chi connectivity index (χ2n) is 5.25. The van der Waals surface area contributed by atoms with E-state index in [-0.39, 0.29) is 11.5 Å². The van der Waals surface area contributed by atoms with E-state index in [2.05, 4.69) is 29.0 Å². The van der Waals surface area contributed by atoms with Crippen LogP contribution in [0.3, 0.4) is 0 Å². The lowest BCUT2D eigenvalue weighted by molar-refractivity contribution is 0.0923. The SMILES string of the molecule is CCC(CC)C(CNC(=O)c1cccc(=O)[nH]1)N(C)C. The fourth-order valence-corrected chi connectivity index (χ4v) is 2.48. The van der Waals surface area contributed by atoms with Gasteiger partial charge in [-0.3, -0.25) is 9.59 Å². The summed E-state index contributed by atoms with van der Waals surface area (Å²) >= 11 is 0. The summed E-state index contributed by atoms with van der Waals surface area (Å²) in [6, 6.07) is 4.88. The van der Waals surface area contributed by atoms with E-state index in [1.807, 2.05) is 14.1 Å². The molecule has 0 aliphatic rings. The predicted molar refractivity (Wildman–Crippen MR) is 80.9 cm³/mol. The van der Waals surface area contributed by atoms with E-state index in [0.717, 1.165) is 12.8 Å². The van der Waals surface area contributed by atoms with Gasteiger partial charge in [-0.1, -0.05) is 32.8 Å². The first-order valence-electron chi connectivity index (χ1n) is 7.13. The molecule has 0 saturated heterocycles. The highest BCUT2D eigenvalue weighted by Crippen LogP contribution is 2.16. The number of rotatable bonds is 7. The van der Waals surface area contributed by atoms with Gasteiger partial charge < -0.3 is 15.2 Å². The van der Waals surface area contributed by atoms with Gasteiger partial charge in [0.05, 0.1) is 0 Å². The van der Waals surface area contributed by atoms with Gasteiger partial charge in [0.15, 0.2) is 0 Å². The topological polar surface area (TPSA) is 65.2 Å². The highest BCUT2D eigenvalue weighted by atomic mass is 16.2. The minimum absolute atomic E-state index is 0.236. The molecule has 1 unspecified atom stereocenters. The first-order valence-corrected chi connectivity index (χ1v) is 7.13. The van der Waals surface area contributed by atoms with Crippen molar-refractivity contribution in [3.05, 3.63) is 34.2 Å². The minimum atomic E-state index is -0.262. The van der Waals surface area contributed by atoms with Gasteiger partial charge in [0.1, 0.15) is 5.69 Å². The minimum Gasteiger partial charge on any atom is -0.349 e. The number of hydrogen-bond acceptors (Lipinski definition) is 3. The quantitative estimate of drug-likeness (QED) is 0.794. The van der Waals surface area contributed by atoms with Gasteiger partial charge in [0.2, 0.25) is 5.56 Å². The molecule has 1 atom stereocenters. The van der Waals surface area contributed by atoms with Crippen molar-refractivity contribution in [3.8, 4) is 0 Å². The third-order valence-electron chi connectivity index (χ3n) is 3.74. The summed E-state index contributed by atoms with van der Waals surface area (Å²) in [7, 11) is 4.05. The summed E-state index contributed by atoms with van der Waals surface area (Å²) in [6.45, 7) is 4.91. The standard InChI is InChI=1S/C15H25N3O2/c1-5-11(6-2)13(18(3)4)10-16-15(20)12-8-7-9-14(19)17-12/h7-9,11,13H,5-6,10H2,1-4H3,(H,16,20)(H,17,19). The van der Waals surface area contributed by atoms with Gasteiger partial charge in [-0.05, 0) is 26.1 Å². The van der Waals surface area contributed by atoms with Crippen molar-refractivity contribution in [2.45, 2.75) is 32.7 Å². The predicted octanol–water partition coefficient (Wildman–Crippen LogP) is 1.47. The highest BCUT2D eigenvalue weighted by Gasteiger charge is 2.21. The van der Waals surface area contributed by atoms with Crippen molar-refractivity contribution in [1.82, 2.24) is 15.2 Å². The summed E-state index contributed by atoms with van der Waals surface area (Å²) in [4.78, 5) is 27.9. The monoisotopic (exact) mass is 279 g/mol. The van der Waals surface area contributed by atoms with Gasteiger partial charge in [-0.25, -0.2) is 0 Å². The van der Waals surface area contributed by atoms with Crippen LogP contribution in [0.5, 0.6) is 0 Å². The second-order valence-corrected chi connectivity index (χ2v) is 5.25. The van der Waals surface area contributed by atoms with Crippen molar-refractivity contribution in [2.24, 2.45) is 5.92 Å². The van der Waals surface area contributed by atoms with Crippen molar-refractivity contribution >= 4 is 5.91 Å². The molecule has 5 heteroatoms. The summed E-state index contributed by atoms with van der Waals surface area (Å²) in [6.07, 6.45) is 2.16. The molecule has 1 rings (SSSR count). The van der Waals surface area contributed by atoms with E-state index < -0.39 is 0 Å². The van der Waals surface area contributed by atoms with Crippen LogP contribution in [0.1, 0.15) is 37.2 Å². The molecule has 5 nitrogen and oxygen atoms in total. The number of likely N-dealkylation sites (N-methyl/N-ethyl adjacent to an activating group) is 1. The van der Waals surface area contributed by atoms with Crippen molar-refractivity contribution in [2.75, 3.05) is 20.6 Å². The Morgan fingerprint density at radius 3 is 2.45 bits per heavy atom. The molecule has 0 radical (unpaired) electrons. The van der Waals surface area contributed by atoms with Crippen LogP contribution in [-0.4, -0.2) is 42.5 Å². The van der Waals surface area contributed by atoms with Crippen molar-refractivity contribution < 1.29 is 4.79 Å². The number of nitrogens with one attached hydrogen (secondary N) is 2. The van der Waals surface area contributed by atoms with E-state index in [9.17, 15) is 9.59 Å². The van der Waals surface area contributed by atoms with Gasteiger partial charge in [-0.2, -0.15) is 0 Å². The molecule has 112 valence electrons. The lowest BCUT2D eigenvalue weighted by Crippen LogP contribution is -2.45. The molecule has 0 aliphatic carbocycles. The number of pyridine rings is 1. The Bertz CT molecular complexity index is 478. The Morgan fingerprint density at radius 2 is 1.95 bits per heavy atom. The summed E-state index contributed by atoms with van der Waals surface area (Å²) in [5.74, 6) is 0.306. The van der Waals surface area contributed by atoms with Crippen LogP contribution in [0.4, 0.5) is 0 Å². The average Bonchev–Trinajstić information content (AvgIpc) is 2.42. The lowest BCUT2D eigenvalue weighted by atomic mass is 9.93. The fourth-order valence-electron chi connectivity index (χ4n) is 2.48. The molecule has 0 saturated carbocycles. The molecule has 0 bridgehead atoms. The van der Waals surface area contributed by atoms with Crippen LogP contribution in [0.15, 0.2) is 23.0 Å². The Balaban J connectivity index is 2.68. The molecule has 0 fully saturated rings. The number of H-pyrrole nitrogens is 1. The lowest BCUT2D eigenvalue weighted by Gasteiger charge is -2.31. The summed E-state index contributed by atoms with van der Waals surface area (Å²) < 4.78 is 0. The maximum atomic E-state index is 12.0. The molecule has 1 aromatic rings. The molecule has 2 N–H and O–H groups in total. The zero-order chi connectivity index (χ0) is 15.1. The smallest absolute Gasteiger partial charge is 0.267 e. The largest absolute Gasteiger partial charge is 0.349 e. The summed E-state index contributed by atoms with van der Waals surface area (Å²) in [5.41, 5.74) is 0.0429. The van der Waals surface area contributed by atoms with Crippen LogP contribution in [0.2, 0.25) is 0 Å². The Hall–Kier alpha value is -1.62. The van der Waals surface area contributed by atoms with Gasteiger partial charge in [0.25, 0.3) is 5.91 Å². The zero-order valence-corrected chi connectivity index (χ0v) is 12.8. The van der Waals surface area contributed by atoms with E-state index in [1.165, 1.54) is 6.07 Å². The first-order chi connectivity index (χ1) is 9.49. The Morgan fingerprint density at radius 1 is 1.30 bits per heavy atom. The molecular formula is C15H25N3O2. The third-order valence-corrected chi connectivity index (χ3v) is 3.74.